The maximum Gasteiger partial charge on any atom is 0.341 e. The van der Waals surface area contributed by atoms with Crippen LogP contribution in [0.2, 0.25) is 0 Å². The van der Waals surface area contributed by atoms with Crippen molar-refractivity contribution in [3.8, 4) is 10.4 Å². The second kappa shape index (κ2) is 9.32. The van der Waals surface area contributed by atoms with E-state index in [9.17, 15) is 9.59 Å². The third-order valence-corrected chi connectivity index (χ3v) is 6.39. The van der Waals surface area contributed by atoms with E-state index in [1.54, 1.807) is 6.92 Å². The lowest BCUT2D eigenvalue weighted by Gasteiger charge is -2.26. The van der Waals surface area contributed by atoms with Gasteiger partial charge < -0.3 is 19.9 Å². The molecule has 1 aromatic carbocycles. The molecule has 0 bridgehead atoms. The van der Waals surface area contributed by atoms with Crippen LogP contribution < -0.4 is 15.1 Å². The number of carbonyl (C=O) groups is 2. The summed E-state index contributed by atoms with van der Waals surface area (Å²) < 4.78 is 5.25. The number of nitrogens with one attached hydrogen (secondary N) is 3. The van der Waals surface area contributed by atoms with Crippen LogP contribution in [-0.2, 0) is 9.53 Å². The first-order valence-corrected chi connectivity index (χ1v) is 10.6. The van der Waals surface area contributed by atoms with E-state index in [4.69, 9.17) is 4.74 Å². The summed E-state index contributed by atoms with van der Waals surface area (Å²) in [6.07, 6.45) is 0. The number of carbonyl (C=O) groups excluding carboxylic acids is 2. The van der Waals surface area contributed by atoms with E-state index in [0.29, 0.717) is 23.7 Å². The van der Waals surface area contributed by atoms with Crippen molar-refractivity contribution in [2.45, 2.75) is 13.8 Å². The van der Waals surface area contributed by atoms with Crippen LogP contribution in [0.15, 0.2) is 30.3 Å². The number of hydrogen-bond donors (Lipinski definition) is 3. The van der Waals surface area contributed by atoms with Crippen molar-refractivity contribution in [2.75, 3.05) is 51.7 Å². The zero-order chi connectivity index (χ0) is 20.1. The summed E-state index contributed by atoms with van der Waals surface area (Å²) in [6, 6.07) is 9.92. The van der Waals surface area contributed by atoms with Gasteiger partial charge in [0.2, 0.25) is 0 Å². The van der Waals surface area contributed by atoms with Crippen LogP contribution >= 0.6 is 11.3 Å². The highest BCUT2D eigenvalue weighted by Gasteiger charge is 2.26. The first-order chi connectivity index (χ1) is 13.5. The summed E-state index contributed by atoms with van der Waals surface area (Å²) in [5.41, 5.74) is 2.35. The largest absolute Gasteiger partial charge is 0.462 e. The van der Waals surface area contributed by atoms with Crippen LogP contribution in [0, 0.1) is 6.92 Å². The molecule has 1 aliphatic heterocycles. The molecule has 2 aromatic rings. The quantitative estimate of drug-likeness (QED) is 0.606. The van der Waals surface area contributed by atoms with Gasteiger partial charge in [0.15, 0.2) is 6.54 Å². The van der Waals surface area contributed by atoms with Crippen molar-refractivity contribution >= 4 is 28.2 Å². The predicted octanol–water partition coefficient (Wildman–Crippen LogP) is 0.252. The number of thiophene rings is 1. The maximum atomic E-state index is 12.7. The molecule has 1 amide bonds. The van der Waals surface area contributed by atoms with Crippen LogP contribution in [0.1, 0.15) is 22.8 Å². The summed E-state index contributed by atoms with van der Waals surface area (Å²) in [6.45, 7) is 8.55. The van der Waals surface area contributed by atoms with Gasteiger partial charge in [0.25, 0.3) is 5.91 Å². The number of anilines is 1. The van der Waals surface area contributed by atoms with E-state index in [0.717, 1.165) is 42.2 Å². The zero-order valence-electron chi connectivity index (χ0n) is 16.8. The van der Waals surface area contributed by atoms with Crippen LogP contribution in [0.25, 0.3) is 10.4 Å². The zero-order valence-corrected chi connectivity index (χ0v) is 17.6. The number of esters is 1. The fourth-order valence-electron chi connectivity index (χ4n) is 3.52. The number of quaternary nitrogens is 2. The lowest BCUT2D eigenvalue weighted by atomic mass is 10.1. The Morgan fingerprint density at radius 2 is 1.82 bits per heavy atom. The number of rotatable bonds is 6. The van der Waals surface area contributed by atoms with E-state index in [1.165, 1.54) is 21.1 Å². The van der Waals surface area contributed by atoms with Gasteiger partial charge in [0.1, 0.15) is 31.2 Å². The molecule has 1 aromatic heterocycles. The summed E-state index contributed by atoms with van der Waals surface area (Å²) in [7, 11) is 2.18. The lowest BCUT2D eigenvalue weighted by Crippen LogP contribution is -3.27. The molecule has 0 unspecified atom stereocenters. The van der Waals surface area contributed by atoms with Crippen LogP contribution in [0.5, 0.6) is 0 Å². The number of benzene rings is 1. The maximum absolute atomic E-state index is 12.7. The average Bonchev–Trinajstić information content (AvgIpc) is 3.00. The van der Waals surface area contributed by atoms with Gasteiger partial charge in [-0.2, -0.15) is 0 Å². The minimum atomic E-state index is -0.385. The molecule has 0 atom stereocenters. The minimum absolute atomic E-state index is 0.0547. The van der Waals surface area contributed by atoms with Crippen LogP contribution in [0.3, 0.4) is 0 Å². The van der Waals surface area contributed by atoms with Gasteiger partial charge in [-0.25, -0.2) is 4.79 Å². The topological polar surface area (TPSA) is 64.3 Å². The molecule has 2 heterocycles. The summed E-state index contributed by atoms with van der Waals surface area (Å²) >= 11 is 1.44. The van der Waals surface area contributed by atoms with Gasteiger partial charge in [-0.05, 0) is 25.0 Å². The second-order valence-corrected chi connectivity index (χ2v) is 8.30. The Morgan fingerprint density at radius 3 is 2.46 bits per heavy atom. The van der Waals surface area contributed by atoms with E-state index < -0.39 is 0 Å². The third kappa shape index (κ3) is 4.79. The molecule has 0 saturated carbocycles. The molecule has 28 heavy (non-hydrogen) atoms. The number of ether oxygens (including phenoxy) is 1. The minimum Gasteiger partial charge on any atom is -0.462 e. The van der Waals surface area contributed by atoms with Gasteiger partial charge in [-0.3, -0.25) is 4.79 Å². The molecule has 0 aliphatic carbocycles. The van der Waals surface area contributed by atoms with Gasteiger partial charge >= 0.3 is 5.97 Å². The van der Waals surface area contributed by atoms with Gasteiger partial charge in [0, 0.05) is 4.88 Å². The van der Waals surface area contributed by atoms with E-state index >= 15 is 0 Å². The molecule has 0 spiro atoms. The van der Waals surface area contributed by atoms with Crippen LogP contribution in [0.4, 0.5) is 5.00 Å². The van der Waals surface area contributed by atoms with Crippen molar-refractivity contribution < 1.29 is 24.1 Å². The molecule has 1 aliphatic rings. The van der Waals surface area contributed by atoms with Crippen molar-refractivity contribution in [3.05, 3.63) is 41.5 Å². The van der Waals surface area contributed by atoms with E-state index in [1.807, 2.05) is 37.3 Å². The Hall–Kier alpha value is -2.22. The van der Waals surface area contributed by atoms with E-state index in [-0.39, 0.29) is 11.9 Å². The van der Waals surface area contributed by atoms with Crippen molar-refractivity contribution in [3.63, 3.8) is 0 Å². The Kier molecular flexibility index (Phi) is 6.83. The monoisotopic (exact) mass is 403 g/mol. The Labute approximate surface area is 170 Å². The molecule has 6 nitrogen and oxygen atoms in total. The summed E-state index contributed by atoms with van der Waals surface area (Å²) in [5.74, 6) is -0.440. The Balaban J connectivity index is 1.82. The number of hydrogen-bond acceptors (Lipinski definition) is 4. The molecule has 1 fully saturated rings. The van der Waals surface area contributed by atoms with Gasteiger partial charge in [-0.1, -0.05) is 30.3 Å². The van der Waals surface area contributed by atoms with Crippen molar-refractivity contribution in [2.24, 2.45) is 0 Å². The Bertz CT molecular complexity index is 827. The number of amides is 1. The molecule has 3 rings (SSSR count). The molecule has 7 heteroatoms. The fraction of sp³-hybridized carbons (Fsp3) is 0.429. The number of likely N-dealkylation sites (N-methyl/N-ethyl adjacent to an activating group) is 1. The molecule has 3 N–H and O–H groups in total. The molecule has 0 radical (unpaired) electrons. The SMILES string of the molecule is CCOC(=O)c1c(NC(=O)C[NH+]2CC[NH+](C)CC2)sc(-c2ccccc2)c1C. The highest BCUT2D eigenvalue weighted by molar-refractivity contribution is 7.20. The normalized spacial score (nSPS) is 19.2. The van der Waals surface area contributed by atoms with Gasteiger partial charge in [-0.15, -0.1) is 11.3 Å². The summed E-state index contributed by atoms with van der Waals surface area (Å²) in [5, 5.41) is 3.57. The molecule has 1 saturated heterocycles. The predicted molar refractivity (Wildman–Crippen MR) is 111 cm³/mol. The molecular weight excluding hydrogens is 374 g/mol. The molecule has 150 valence electrons. The van der Waals surface area contributed by atoms with E-state index in [2.05, 4.69) is 12.4 Å². The molecular formula is C21H29N3O3S+2. The van der Waals surface area contributed by atoms with Crippen LogP contribution in [-0.4, -0.2) is 58.3 Å². The second-order valence-electron chi connectivity index (χ2n) is 7.28. The highest BCUT2D eigenvalue weighted by Crippen LogP contribution is 2.40. The van der Waals surface area contributed by atoms with Gasteiger partial charge in [0.05, 0.1) is 19.2 Å². The Morgan fingerprint density at radius 1 is 1.14 bits per heavy atom. The smallest absolute Gasteiger partial charge is 0.341 e. The first-order valence-electron chi connectivity index (χ1n) is 9.80. The fourth-order valence-corrected chi connectivity index (χ4v) is 4.74. The highest BCUT2D eigenvalue weighted by atomic mass is 32.1. The lowest BCUT2D eigenvalue weighted by molar-refractivity contribution is -0.999. The average molecular weight is 404 g/mol. The third-order valence-electron chi connectivity index (χ3n) is 5.14. The number of piperazine rings is 1. The first kappa shape index (κ1) is 20.5. The summed E-state index contributed by atoms with van der Waals surface area (Å²) in [4.78, 5) is 29.0. The van der Waals surface area contributed by atoms with Crippen molar-refractivity contribution in [1.29, 1.82) is 0 Å². The van der Waals surface area contributed by atoms with Crippen molar-refractivity contribution in [1.82, 2.24) is 0 Å². The standard InChI is InChI=1S/C21H27N3O3S/c1-4-27-21(26)18-15(2)19(16-8-6-5-7-9-16)28-20(18)22-17(25)14-24-12-10-23(3)11-13-24/h5-9H,4,10-14H2,1-3H3,(H,22,25)/p+2.